The maximum Gasteiger partial charge on any atom is 0.191 e. The fraction of sp³-hybridized carbons (Fsp3) is 0.643. The van der Waals surface area contributed by atoms with Gasteiger partial charge in [0.1, 0.15) is 0 Å². The van der Waals surface area contributed by atoms with Gasteiger partial charge in [0.15, 0.2) is 5.96 Å². The van der Waals surface area contributed by atoms with Crippen LogP contribution in [0.4, 0.5) is 0 Å². The summed E-state index contributed by atoms with van der Waals surface area (Å²) in [7, 11) is 1.81. The van der Waals surface area contributed by atoms with Crippen molar-refractivity contribution in [3.05, 3.63) is 22.4 Å². The molecule has 0 unspecified atom stereocenters. The predicted molar refractivity (Wildman–Crippen MR) is 100 cm³/mol. The minimum absolute atomic E-state index is 0. The summed E-state index contributed by atoms with van der Waals surface area (Å²) < 4.78 is 0. The Bertz CT molecular complexity index is 365. The molecule has 1 aromatic heterocycles. The zero-order chi connectivity index (χ0) is 14.1. The van der Waals surface area contributed by atoms with Gasteiger partial charge in [0.05, 0.1) is 0 Å². The molecule has 0 fully saturated rings. The van der Waals surface area contributed by atoms with Crippen molar-refractivity contribution in [1.29, 1.82) is 0 Å². The summed E-state index contributed by atoms with van der Waals surface area (Å²) in [5, 5.41) is 10.9. The number of guanidine groups is 1. The maximum atomic E-state index is 4.23. The van der Waals surface area contributed by atoms with Gasteiger partial charge in [-0.3, -0.25) is 9.89 Å². The van der Waals surface area contributed by atoms with E-state index in [4.69, 9.17) is 0 Å². The molecule has 116 valence electrons. The number of likely N-dealkylation sites (N-methyl/N-ethyl adjacent to an activating group) is 1. The highest BCUT2D eigenvalue weighted by atomic mass is 127. The van der Waals surface area contributed by atoms with Gasteiger partial charge in [0.2, 0.25) is 0 Å². The molecule has 0 aliphatic carbocycles. The van der Waals surface area contributed by atoms with Crippen molar-refractivity contribution in [2.24, 2.45) is 4.99 Å². The van der Waals surface area contributed by atoms with E-state index in [1.807, 2.05) is 7.05 Å². The van der Waals surface area contributed by atoms with Crippen LogP contribution in [0.1, 0.15) is 26.3 Å². The Morgan fingerprint density at radius 1 is 1.40 bits per heavy atom. The summed E-state index contributed by atoms with van der Waals surface area (Å²) >= 11 is 1.72. The SMILES string of the molecule is CCN(CCNC(=NC)NCc1ccsc1)C(C)C.I. The predicted octanol–water partition coefficient (Wildman–Crippen LogP) is 2.76. The molecule has 0 aromatic carbocycles. The van der Waals surface area contributed by atoms with Crippen molar-refractivity contribution in [3.8, 4) is 0 Å². The molecule has 6 heteroatoms. The van der Waals surface area contributed by atoms with Crippen LogP contribution < -0.4 is 10.6 Å². The molecule has 0 saturated carbocycles. The van der Waals surface area contributed by atoms with E-state index in [1.165, 1.54) is 5.56 Å². The van der Waals surface area contributed by atoms with Crippen molar-refractivity contribution in [2.75, 3.05) is 26.7 Å². The lowest BCUT2D eigenvalue weighted by molar-refractivity contribution is 0.237. The topological polar surface area (TPSA) is 39.7 Å². The van der Waals surface area contributed by atoms with Crippen LogP contribution in [0.2, 0.25) is 0 Å². The second-order valence-electron chi connectivity index (χ2n) is 4.71. The summed E-state index contributed by atoms with van der Waals surface area (Å²) in [5.74, 6) is 0.867. The van der Waals surface area contributed by atoms with E-state index in [1.54, 1.807) is 11.3 Å². The molecule has 0 amide bonds. The van der Waals surface area contributed by atoms with Gasteiger partial charge in [-0.05, 0) is 42.8 Å². The van der Waals surface area contributed by atoms with E-state index >= 15 is 0 Å². The van der Waals surface area contributed by atoms with Crippen LogP contribution >= 0.6 is 35.3 Å². The molecule has 1 aromatic rings. The van der Waals surface area contributed by atoms with Crippen molar-refractivity contribution in [3.63, 3.8) is 0 Å². The monoisotopic (exact) mass is 410 g/mol. The highest BCUT2D eigenvalue weighted by Crippen LogP contribution is 2.04. The summed E-state index contributed by atoms with van der Waals surface area (Å²) in [6, 6.07) is 2.72. The number of nitrogens with zero attached hydrogens (tertiary/aromatic N) is 2. The van der Waals surface area contributed by atoms with Crippen molar-refractivity contribution < 1.29 is 0 Å². The molecule has 1 rings (SSSR count). The first-order chi connectivity index (χ1) is 9.17. The normalized spacial score (nSPS) is 11.6. The minimum Gasteiger partial charge on any atom is -0.355 e. The lowest BCUT2D eigenvalue weighted by Crippen LogP contribution is -2.42. The number of rotatable bonds is 7. The van der Waals surface area contributed by atoms with Crippen LogP contribution in [-0.4, -0.2) is 43.6 Å². The first-order valence-corrected chi connectivity index (χ1v) is 7.81. The smallest absolute Gasteiger partial charge is 0.191 e. The Morgan fingerprint density at radius 2 is 2.15 bits per heavy atom. The number of hydrogen-bond donors (Lipinski definition) is 2. The first-order valence-electron chi connectivity index (χ1n) is 6.87. The van der Waals surface area contributed by atoms with Crippen molar-refractivity contribution >= 4 is 41.3 Å². The van der Waals surface area contributed by atoms with E-state index in [2.05, 4.69) is 58.1 Å². The molecule has 0 radical (unpaired) electrons. The van der Waals surface area contributed by atoms with Gasteiger partial charge >= 0.3 is 0 Å². The van der Waals surface area contributed by atoms with Gasteiger partial charge in [0, 0.05) is 32.7 Å². The van der Waals surface area contributed by atoms with Gasteiger partial charge in [-0.25, -0.2) is 0 Å². The number of aliphatic imine (C=N–C) groups is 1. The van der Waals surface area contributed by atoms with Crippen molar-refractivity contribution in [1.82, 2.24) is 15.5 Å². The molecule has 1 heterocycles. The molecule has 0 bridgehead atoms. The Kier molecular flexibility index (Phi) is 11.1. The summed E-state index contributed by atoms with van der Waals surface area (Å²) in [6.45, 7) is 10.5. The number of halogens is 1. The molecule has 0 aliphatic rings. The van der Waals surface area contributed by atoms with Gasteiger partial charge < -0.3 is 10.6 Å². The molecule has 0 saturated heterocycles. The second kappa shape index (κ2) is 11.3. The maximum absolute atomic E-state index is 4.23. The number of nitrogens with one attached hydrogen (secondary N) is 2. The Hall–Kier alpha value is -0.340. The zero-order valence-electron chi connectivity index (χ0n) is 12.8. The van der Waals surface area contributed by atoms with Crippen LogP contribution in [0.15, 0.2) is 21.8 Å². The van der Waals surface area contributed by atoms with Gasteiger partial charge in [0.25, 0.3) is 0 Å². The van der Waals surface area contributed by atoms with E-state index in [0.29, 0.717) is 6.04 Å². The van der Waals surface area contributed by atoms with E-state index in [9.17, 15) is 0 Å². The van der Waals surface area contributed by atoms with E-state index in [-0.39, 0.29) is 24.0 Å². The van der Waals surface area contributed by atoms with Gasteiger partial charge in [-0.2, -0.15) is 11.3 Å². The van der Waals surface area contributed by atoms with Crippen LogP contribution in [0.3, 0.4) is 0 Å². The third kappa shape index (κ3) is 7.44. The Labute approximate surface area is 144 Å². The highest BCUT2D eigenvalue weighted by molar-refractivity contribution is 14.0. The first kappa shape index (κ1) is 19.7. The standard InChI is InChI=1S/C14H26N4S.HI/c1-5-18(12(2)3)8-7-16-14(15-4)17-10-13-6-9-19-11-13;/h6,9,11-12H,5,7-8,10H2,1-4H3,(H2,15,16,17);1H. The third-order valence-corrected chi connectivity index (χ3v) is 3.82. The number of hydrogen-bond acceptors (Lipinski definition) is 3. The van der Waals surface area contributed by atoms with Crippen LogP contribution in [0.5, 0.6) is 0 Å². The van der Waals surface area contributed by atoms with Crippen LogP contribution in [0, 0.1) is 0 Å². The average Bonchev–Trinajstić information content (AvgIpc) is 2.90. The quantitative estimate of drug-likeness (QED) is 0.413. The third-order valence-electron chi connectivity index (χ3n) is 3.09. The second-order valence-corrected chi connectivity index (χ2v) is 5.49. The van der Waals surface area contributed by atoms with E-state index < -0.39 is 0 Å². The lowest BCUT2D eigenvalue weighted by atomic mass is 10.3. The molecule has 0 spiro atoms. The Morgan fingerprint density at radius 3 is 2.65 bits per heavy atom. The largest absolute Gasteiger partial charge is 0.355 e. The summed E-state index contributed by atoms with van der Waals surface area (Å²) in [4.78, 5) is 6.66. The van der Waals surface area contributed by atoms with Crippen LogP contribution in [0.25, 0.3) is 0 Å². The fourth-order valence-corrected chi connectivity index (χ4v) is 2.57. The average molecular weight is 410 g/mol. The van der Waals surface area contributed by atoms with E-state index in [0.717, 1.165) is 32.1 Å². The molecule has 4 nitrogen and oxygen atoms in total. The lowest BCUT2D eigenvalue weighted by Gasteiger charge is -2.25. The molecular weight excluding hydrogens is 383 g/mol. The summed E-state index contributed by atoms with van der Waals surface area (Å²) in [6.07, 6.45) is 0. The van der Waals surface area contributed by atoms with Gasteiger partial charge in [-0.1, -0.05) is 6.92 Å². The molecular formula is C14H27IN4S. The molecule has 2 N–H and O–H groups in total. The molecule has 20 heavy (non-hydrogen) atoms. The van der Waals surface area contributed by atoms with Crippen molar-refractivity contribution in [2.45, 2.75) is 33.4 Å². The Balaban J connectivity index is 0.00000361. The molecule has 0 atom stereocenters. The summed E-state index contributed by atoms with van der Waals surface area (Å²) in [5.41, 5.74) is 1.30. The zero-order valence-corrected chi connectivity index (χ0v) is 16.0. The fourth-order valence-electron chi connectivity index (χ4n) is 1.90. The minimum atomic E-state index is 0. The highest BCUT2D eigenvalue weighted by Gasteiger charge is 2.06. The van der Waals surface area contributed by atoms with Crippen LogP contribution in [-0.2, 0) is 6.54 Å². The van der Waals surface area contributed by atoms with Gasteiger partial charge in [-0.15, -0.1) is 24.0 Å². The number of thiophene rings is 1. The molecule has 0 aliphatic heterocycles.